The Kier molecular flexibility index (Phi) is 4.70. The smallest absolute Gasteiger partial charge is 0.253 e. The summed E-state index contributed by atoms with van der Waals surface area (Å²) in [6.07, 6.45) is 3.27. The summed E-state index contributed by atoms with van der Waals surface area (Å²) in [4.78, 5) is 15.1. The first-order valence-electron chi connectivity index (χ1n) is 9.14. The van der Waals surface area contributed by atoms with Gasteiger partial charge in [-0.25, -0.2) is 0 Å². The van der Waals surface area contributed by atoms with E-state index in [-0.39, 0.29) is 12.0 Å². The van der Waals surface area contributed by atoms with E-state index in [0.29, 0.717) is 13.2 Å². The average molecular weight is 336 g/mol. The minimum Gasteiger partial charge on any atom is -0.371 e. The number of benzene rings is 2. The number of rotatable bonds is 4. The number of hydrogen-bond donors (Lipinski definition) is 1. The quantitative estimate of drug-likeness (QED) is 0.931. The van der Waals surface area contributed by atoms with E-state index in [1.807, 2.05) is 30.3 Å². The molecule has 0 saturated carbocycles. The maximum absolute atomic E-state index is 12.8. The molecule has 130 valence electrons. The van der Waals surface area contributed by atoms with E-state index in [2.05, 4.69) is 28.4 Å². The van der Waals surface area contributed by atoms with Gasteiger partial charge in [-0.3, -0.25) is 4.79 Å². The van der Waals surface area contributed by atoms with Crippen molar-refractivity contribution in [3.05, 3.63) is 65.2 Å². The summed E-state index contributed by atoms with van der Waals surface area (Å²) in [6, 6.07) is 16.2. The highest BCUT2D eigenvalue weighted by atomic mass is 16.5. The van der Waals surface area contributed by atoms with Crippen LogP contribution in [0.15, 0.2) is 48.5 Å². The third kappa shape index (κ3) is 3.40. The monoisotopic (exact) mass is 336 g/mol. The first kappa shape index (κ1) is 16.2. The Bertz CT molecular complexity index is 753. The minimum atomic E-state index is -0.0622. The van der Waals surface area contributed by atoms with Gasteiger partial charge in [0.15, 0.2) is 0 Å². The van der Waals surface area contributed by atoms with Crippen LogP contribution in [0.5, 0.6) is 0 Å². The molecule has 0 aromatic heterocycles. The van der Waals surface area contributed by atoms with Crippen LogP contribution < -0.4 is 10.2 Å². The van der Waals surface area contributed by atoms with Gasteiger partial charge in [-0.15, -0.1) is 0 Å². The summed E-state index contributed by atoms with van der Waals surface area (Å²) in [6.45, 7) is 3.28. The molecule has 2 aromatic carbocycles. The van der Waals surface area contributed by atoms with Crippen molar-refractivity contribution in [2.24, 2.45) is 0 Å². The van der Waals surface area contributed by atoms with Crippen molar-refractivity contribution in [3.8, 4) is 0 Å². The second kappa shape index (κ2) is 7.28. The highest BCUT2D eigenvalue weighted by Crippen LogP contribution is 2.27. The lowest BCUT2D eigenvalue weighted by Crippen LogP contribution is -2.33. The van der Waals surface area contributed by atoms with Crippen LogP contribution in [0.2, 0.25) is 0 Å². The minimum absolute atomic E-state index is 0.0193. The maximum atomic E-state index is 12.8. The molecule has 1 atom stereocenters. The first-order valence-corrected chi connectivity index (χ1v) is 9.14. The van der Waals surface area contributed by atoms with Gasteiger partial charge in [0.05, 0.1) is 12.2 Å². The predicted octanol–water partition coefficient (Wildman–Crippen LogP) is 3.33. The zero-order valence-corrected chi connectivity index (χ0v) is 14.4. The van der Waals surface area contributed by atoms with Crippen molar-refractivity contribution in [3.63, 3.8) is 0 Å². The number of para-hydroxylation sites is 1. The highest BCUT2D eigenvalue weighted by molar-refractivity contribution is 5.99. The van der Waals surface area contributed by atoms with Crippen molar-refractivity contribution in [1.82, 2.24) is 5.32 Å². The SMILES string of the molecule is O=C(NCC1OCCc2ccccc21)c1ccccc1N1CCCC1. The van der Waals surface area contributed by atoms with Crippen molar-refractivity contribution < 1.29 is 9.53 Å². The molecule has 1 amide bonds. The van der Waals surface area contributed by atoms with Crippen LogP contribution in [0, 0.1) is 0 Å². The van der Waals surface area contributed by atoms with Crippen LogP contribution in [0.4, 0.5) is 5.69 Å². The lowest BCUT2D eigenvalue weighted by Gasteiger charge is -2.26. The fourth-order valence-electron chi connectivity index (χ4n) is 3.83. The molecule has 2 heterocycles. The van der Waals surface area contributed by atoms with Gasteiger partial charge < -0.3 is 15.0 Å². The Morgan fingerprint density at radius 3 is 2.72 bits per heavy atom. The summed E-state index contributed by atoms with van der Waals surface area (Å²) >= 11 is 0. The average Bonchev–Trinajstić information content (AvgIpc) is 3.21. The van der Waals surface area contributed by atoms with Gasteiger partial charge in [0.2, 0.25) is 0 Å². The number of hydrogen-bond acceptors (Lipinski definition) is 3. The molecule has 1 fully saturated rings. The molecule has 0 aliphatic carbocycles. The zero-order valence-electron chi connectivity index (χ0n) is 14.4. The van der Waals surface area contributed by atoms with Gasteiger partial charge in [0.1, 0.15) is 6.10 Å². The molecule has 0 spiro atoms. The van der Waals surface area contributed by atoms with Gasteiger partial charge in [0, 0.05) is 25.3 Å². The van der Waals surface area contributed by atoms with E-state index in [1.54, 1.807) is 0 Å². The van der Waals surface area contributed by atoms with E-state index in [1.165, 1.54) is 24.0 Å². The standard InChI is InChI=1S/C21H24N2O2/c24-21(18-9-3-4-10-19(18)23-12-5-6-13-23)22-15-20-17-8-2-1-7-16(17)11-14-25-20/h1-4,7-10,20H,5-6,11-15H2,(H,22,24). The topological polar surface area (TPSA) is 41.6 Å². The number of nitrogens with one attached hydrogen (secondary N) is 1. The second-order valence-electron chi connectivity index (χ2n) is 6.73. The van der Waals surface area contributed by atoms with Crippen molar-refractivity contribution in [1.29, 1.82) is 0 Å². The Hall–Kier alpha value is -2.33. The van der Waals surface area contributed by atoms with E-state index >= 15 is 0 Å². The third-order valence-corrected chi connectivity index (χ3v) is 5.14. The number of anilines is 1. The second-order valence-corrected chi connectivity index (χ2v) is 6.73. The summed E-state index contributed by atoms with van der Waals surface area (Å²) in [5.74, 6) is -0.0193. The number of amides is 1. The summed E-state index contributed by atoms with van der Waals surface area (Å²) in [5.41, 5.74) is 4.32. The molecule has 2 aliphatic heterocycles. The largest absolute Gasteiger partial charge is 0.371 e. The molecule has 4 nitrogen and oxygen atoms in total. The molecule has 2 aromatic rings. The lowest BCUT2D eigenvalue weighted by molar-refractivity contribution is 0.0411. The summed E-state index contributed by atoms with van der Waals surface area (Å²) in [7, 11) is 0. The third-order valence-electron chi connectivity index (χ3n) is 5.14. The molecular weight excluding hydrogens is 312 g/mol. The number of fused-ring (bicyclic) bond motifs is 1. The molecule has 0 bridgehead atoms. The van der Waals surface area contributed by atoms with Crippen LogP contribution in [0.1, 0.15) is 40.4 Å². The Morgan fingerprint density at radius 1 is 1.08 bits per heavy atom. The predicted molar refractivity (Wildman–Crippen MR) is 99.1 cm³/mol. The first-order chi connectivity index (χ1) is 12.3. The van der Waals surface area contributed by atoms with Gasteiger partial charge in [-0.1, -0.05) is 36.4 Å². The number of carbonyl (C=O) groups excluding carboxylic acids is 1. The molecular formula is C21H24N2O2. The van der Waals surface area contributed by atoms with E-state index < -0.39 is 0 Å². The van der Waals surface area contributed by atoms with Crippen LogP contribution in [-0.2, 0) is 11.2 Å². The molecule has 25 heavy (non-hydrogen) atoms. The summed E-state index contributed by atoms with van der Waals surface area (Å²) < 4.78 is 5.90. The molecule has 4 heteroatoms. The highest BCUT2D eigenvalue weighted by Gasteiger charge is 2.23. The lowest BCUT2D eigenvalue weighted by atomic mass is 9.97. The molecule has 2 aliphatic rings. The fourth-order valence-corrected chi connectivity index (χ4v) is 3.83. The van der Waals surface area contributed by atoms with Gasteiger partial charge >= 0.3 is 0 Å². The molecule has 1 N–H and O–H groups in total. The summed E-state index contributed by atoms with van der Waals surface area (Å²) in [5, 5.41) is 3.08. The Labute approximate surface area is 148 Å². The molecule has 4 rings (SSSR count). The van der Waals surface area contributed by atoms with Crippen molar-refractivity contribution >= 4 is 11.6 Å². The molecule has 0 radical (unpaired) electrons. The van der Waals surface area contributed by atoms with Crippen LogP contribution in [-0.4, -0.2) is 32.1 Å². The number of ether oxygens (including phenoxy) is 1. The van der Waals surface area contributed by atoms with Gasteiger partial charge in [-0.05, 0) is 42.5 Å². The Morgan fingerprint density at radius 2 is 1.84 bits per heavy atom. The van der Waals surface area contributed by atoms with Crippen LogP contribution in [0.25, 0.3) is 0 Å². The maximum Gasteiger partial charge on any atom is 0.253 e. The zero-order chi connectivity index (χ0) is 17.1. The van der Waals surface area contributed by atoms with Crippen molar-refractivity contribution in [2.75, 3.05) is 31.1 Å². The van der Waals surface area contributed by atoms with Crippen LogP contribution >= 0.6 is 0 Å². The molecule has 1 unspecified atom stereocenters. The van der Waals surface area contributed by atoms with E-state index in [0.717, 1.165) is 30.8 Å². The van der Waals surface area contributed by atoms with Gasteiger partial charge in [-0.2, -0.15) is 0 Å². The number of carbonyl (C=O) groups is 1. The fraction of sp³-hybridized carbons (Fsp3) is 0.381. The van der Waals surface area contributed by atoms with Crippen molar-refractivity contribution in [2.45, 2.75) is 25.4 Å². The number of nitrogens with zero attached hydrogens (tertiary/aromatic N) is 1. The molecule has 1 saturated heterocycles. The Balaban J connectivity index is 1.47. The van der Waals surface area contributed by atoms with E-state index in [9.17, 15) is 4.79 Å². The van der Waals surface area contributed by atoms with E-state index in [4.69, 9.17) is 4.74 Å². The normalized spacial score (nSPS) is 19.5. The van der Waals surface area contributed by atoms with Crippen LogP contribution in [0.3, 0.4) is 0 Å². The van der Waals surface area contributed by atoms with Gasteiger partial charge in [0.25, 0.3) is 5.91 Å².